The molecular weight excluding hydrogens is 587 g/mol. The maximum Gasteiger partial charge on any atom is 0.315 e. The van der Waals surface area contributed by atoms with Crippen LogP contribution in [0.2, 0.25) is 10.2 Å². The van der Waals surface area contributed by atoms with Crippen LogP contribution < -0.4 is 15.4 Å². The molecule has 3 aromatic carbocycles. The van der Waals surface area contributed by atoms with Crippen molar-refractivity contribution >= 4 is 40.1 Å². The fourth-order valence-corrected chi connectivity index (χ4v) is 5.71. The van der Waals surface area contributed by atoms with Crippen LogP contribution in [-0.4, -0.2) is 45.5 Å². The second kappa shape index (κ2) is 13.1. The van der Waals surface area contributed by atoms with Gasteiger partial charge in [-0.05, 0) is 56.0 Å². The molecule has 1 aliphatic rings. The van der Waals surface area contributed by atoms with E-state index >= 15 is 0 Å². The molecule has 0 spiro atoms. The molecule has 2 aromatic heterocycles. The molecule has 6 rings (SSSR count). The highest BCUT2D eigenvalue weighted by molar-refractivity contribution is 6.32. The first-order valence-corrected chi connectivity index (χ1v) is 15.0. The predicted molar refractivity (Wildman–Crippen MR) is 168 cm³/mol. The van der Waals surface area contributed by atoms with Crippen LogP contribution in [-0.2, 0) is 17.7 Å². The second-order valence-corrected chi connectivity index (χ2v) is 11.4. The van der Waals surface area contributed by atoms with E-state index in [1.807, 2.05) is 61.5 Å². The number of aryl methyl sites for hydroxylation is 1. The zero-order chi connectivity index (χ0) is 29.8. The third-order valence-electron chi connectivity index (χ3n) is 7.53. The molecule has 4 N–H and O–H groups in total. The summed E-state index contributed by atoms with van der Waals surface area (Å²) in [5.41, 5.74) is 5.06. The molecule has 0 saturated carbocycles. The number of imidazole rings is 1. The number of carbonyl (C=O) groups is 1. The maximum absolute atomic E-state index is 13.3. The highest BCUT2D eigenvalue weighted by Crippen LogP contribution is 2.31. The molecule has 0 bridgehead atoms. The Balaban J connectivity index is 1.19. The Hall–Kier alpha value is -4.05. The Bertz CT molecular complexity index is 1720. The first-order valence-electron chi connectivity index (χ1n) is 14.2. The summed E-state index contributed by atoms with van der Waals surface area (Å²) in [5.74, 6) is 1.20. The van der Waals surface area contributed by atoms with E-state index in [4.69, 9.17) is 37.7 Å². The van der Waals surface area contributed by atoms with Gasteiger partial charge < -0.3 is 25.1 Å². The molecule has 11 heteroatoms. The minimum Gasteiger partial charge on any atom is -0.491 e. The van der Waals surface area contributed by atoms with Crippen molar-refractivity contribution in [2.75, 3.05) is 13.2 Å². The molecule has 1 aliphatic heterocycles. The Kier molecular flexibility index (Phi) is 8.83. The van der Waals surface area contributed by atoms with Crippen LogP contribution in [0.3, 0.4) is 0 Å². The molecule has 0 radical (unpaired) electrons. The van der Waals surface area contributed by atoms with Crippen LogP contribution in [0.15, 0.2) is 66.7 Å². The minimum atomic E-state index is -0.485. The molecule has 2 amide bonds. The van der Waals surface area contributed by atoms with Gasteiger partial charge in [0.25, 0.3) is 0 Å². The maximum atomic E-state index is 13.3. The summed E-state index contributed by atoms with van der Waals surface area (Å²) in [7, 11) is 0. The van der Waals surface area contributed by atoms with E-state index in [1.54, 1.807) is 12.1 Å². The molecule has 5 aromatic rings. The summed E-state index contributed by atoms with van der Waals surface area (Å²) < 4.78 is 11.7. The number of halogens is 2. The Morgan fingerprint density at radius 1 is 1.14 bits per heavy atom. The lowest BCUT2D eigenvalue weighted by Gasteiger charge is -2.19. The largest absolute Gasteiger partial charge is 0.491 e. The van der Waals surface area contributed by atoms with E-state index in [2.05, 4.69) is 25.8 Å². The third kappa shape index (κ3) is 6.96. The zero-order valence-corrected chi connectivity index (χ0v) is 25.1. The van der Waals surface area contributed by atoms with Crippen molar-refractivity contribution in [3.63, 3.8) is 0 Å². The van der Waals surface area contributed by atoms with Gasteiger partial charge in [0.05, 0.1) is 23.4 Å². The molecule has 43 heavy (non-hydrogen) atoms. The van der Waals surface area contributed by atoms with Crippen molar-refractivity contribution in [2.24, 2.45) is 0 Å². The van der Waals surface area contributed by atoms with Crippen LogP contribution in [0, 0.1) is 6.92 Å². The number of amides is 2. The van der Waals surface area contributed by atoms with Gasteiger partial charge in [-0.2, -0.15) is 5.10 Å². The number of fused-ring (bicyclic) bond motifs is 1. The summed E-state index contributed by atoms with van der Waals surface area (Å²) in [5, 5.41) is 15.3. The smallest absolute Gasteiger partial charge is 0.315 e. The number of hydrogen-bond donors (Lipinski definition) is 4. The molecule has 222 valence electrons. The summed E-state index contributed by atoms with van der Waals surface area (Å²) in [6, 6.07) is 20.4. The van der Waals surface area contributed by atoms with Crippen molar-refractivity contribution in [2.45, 2.75) is 44.9 Å². The quantitative estimate of drug-likeness (QED) is 0.136. The molecule has 1 saturated heterocycles. The van der Waals surface area contributed by atoms with Gasteiger partial charge in [-0.15, -0.1) is 0 Å². The SMILES string of the molecule is Cc1n[nH]c2cc(-c3nc([C@H](Cc4ccccc4)NC(=O)NCc4cc(Cl)ccc4OCC4CCCO4)[nH]c3Cl)ccc12. The van der Waals surface area contributed by atoms with E-state index in [9.17, 15) is 4.79 Å². The lowest BCUT2D eigenvalue weighted by atomic mass is 10.1. The van der Waals surface area contributed by atoms with Crippen molar-refractivity contribution in [3.8, 4) is 17.0 Å². The predicted octanol–water partition coefficient (Wildman–Crippen LogP) is 6.91. The van der Waals surface area contributed by atoms with E-state index in [1.165, 1.54) is 0 Å². The first kappa shape index (κ1) is 29.0. The number of H-pyrrole nitrogens is 2. The van der Waals surface area contributed by atoms with Gasteiger partial charge in [0.1, 0.15) is 29.0 Å². The topological polar surface area (TPSA) is 117 Å². The number of benzene rings is 3. The Morgan fingerprint density at radius 2 is 2.00 bits per heavy atom. The van der Waals surface area contributed by atoms with Gasteiger partial charge in [-0.3, -0.25) is 5.10 Å². The lowest BCUT2D eigenvalue weighted by molar-refractivity contribution is 0.0676. The Labute approximate surface area is 259 Å². The molecular formula is C32H32Cl2N6O3. The van der Waals surface area contributed by atoms with Crippen LogP contribution in [0.1, 0.15) is 41.5 Å². The van der Waals surface area contributed by atoms with Crippen LogP contribution in [0.5, 0.6) is 5.75 Å². The second-order valence-electron chi connectivity index (χ2n) is 10.6. The third-order valence-corrected chi connectivity index (χ3v) is 8.04. The van der Waals surface area contributed by atoms with Gasteiger partial charge in [-0.1, -0.05) is 65.7 Å². The average Bonchev–Trinajstić information content (AvgIpc) is 3.76. The standard InChI is InChI=1S/C32H32Cl2N6O3/c1-19-25-11-9-21(16-26(25)40-39-19)29-30(34)38-31(37-29)27(14-20-6-3-2-4-7-20)36-32(41)35-17-22-15-23(33)10-12-28(22)43-18-24-8-5-13-42-24/h2-4,6-7,9-12,15-16,24,27H,5,8,13-14,17-18H2,1H3,(H,37,38)(H,39,40)(H2,35,36,41)/t24?,27-/m0/s1. The van der Waals surface area contributed by atoms with Gasteiger partial charge in [-0.25, -0.2) is 9.78 Å². The van der Waals surface area contributed by atoms with Gasteiger partial charge in [0, 0.05) is 34.7 Å². The van der Waals surface area contributed by atoms with Crippen LogP contribution in [0.25, 0.3) is 22.2 Å². The van der Waals surface area contributed by atoms with Crippen LogP contribution >= 0.6 is 23.2 Å². The van der Waals surface area contributed by atoms with Crippen LogP contribution in [0.4, 0.5) is 4.79 Å². The average molecular weight is 620 g/mol. The molecule has 0 aliphatic carbocycles. The normalized spacial score (nSPS) is 15.5. The number of nitrogens with zero attached hydrogens (tertiary/aromatic N) is 2. The monoisotopic (exact) mass is 618 g/mol. The van der Waals surface area contributed by atoms with E-state index in [0.29, 0.717) is 40.5 Å². The summed E-state index contributed by atoms with van der Waals surface area (Å²) in [4.78, 5) is 21.3. The van der Waals surface area contributed by atoms with Crippen molar-refractivity contribution in [3.05, 3.63) is 99.6 Å². The summed E-state index contributed by atoms with van der Waals surface area (Å²) >= 11 is 12.9. The molecule has 1 fully saturated rings. The van der Waals surface area contributed by atoms with E-state index < -0.39 is 6.04 Å². The highest BCUT2D eigenvalue weighted by Gasteiger charge is 2.22. The first-order chi connectivity index (χ1) is 20.9. The van der Waals surface area contributed by atoms with Crippen molar-refractivity contribution < 1.29 is 14.3 Å². The number of aromatic amines is 2. The fraction of sp³-hybridized carbons (Fsp3) is 0.281. The fourth-order valence-electron chi connectivity index (χ4n) is 5.27. The number of rotatable bonds is 10. The molecule has 1 unspecified atom stereocenters. The van der Waals surface area contributed by atoms with Gasteiger partial charge in [0.2, 0.25) is 0 Å². The number of carbonyl (C=O) groups excluding carboxylic acids is 1. The minimum absolute atomic E-state index is 0.0778. The number of nitrogens with one attached hydrogen (secondary N) is 4. The zero-order valence-electron chi connectivity index (χ0n) is 23.6. The lowest BCUT2D eigenvalue weighted by Crippen LogP contribution is -2.39. The molecule has 9 nitrogen and oxygen atoms in total. The number of urea groups is 1. The molecule has 2 atom stereocenters. The van der Waals surface area contributed by atoms with Crippen molar-refractivity contribution in [1.82, 2.24) is 30.8 Å². The van der Waals surface area contributed by atoms with Gasteiger partial charge in [0.15, 0.2) is 0 Å². The number of aromatic nitrogens is 4. The van der Waals surface area contributed by atoms with Crippen molar-refractivity contribution in [1.29, 1.82) is 0 Å². The van der Waals surface area contributed by atoms with E-state index in [0.717, 1.165) is 52.7 Å². The Morgan fingerprint density at radius 3 is 2.81 bits per heavy atom. The summed E-state index contributed by atoms with van der Waals surface area (Å²) in [6.45, 7) is 3.39. The van der Waals surface area contributed by atoms with E-state index in [-0.39, 0.29) is 18.7 Å². The molecule has 3 heterocycles. The summed E-state index contributed by atoms with van der Waals surface area (Å²) in [6.07, 6.45) is 2.59. The van der Waals surface area contributed by atoms with Gasteiger partial charge >= 0.3 is 6.03 Å². The highest BCUT2D eigenvalue weighted by atomic mass is 35.5. The number of hydrogen-bond acceptors (Lipinski definition) is 5. The number of ether oxygens (including phenoxy) is 2.